The van der Waals surface area contributed by atoms with E-state index in [1.165, 1.54) is 11.1 Å². The van der Waals surface area contributed by atoms with Crippen LogP contribution in [0.3, 0.4) is 0 Å². The molecule has 0 aliphatic rings. The largest absolute Gasteiger partial charge is 0.468 e. The van der Waals surface area contributed by atoms with E-state index in [1.807, 2.05) is 12.1 Å². The summed E-state index contributed by atoms with van der Waals surface area (Å²) in [5, 5.41) is 0.0394. The van der Waals surface area contributed by atoms with Crippen LogP contribution in [0.4, 0.5) is 0 Å². The van der Waals surface area contributed by atoms with E-state index in [9.17, 15) is 0 Å². The number of hydrogen-bond acceptors (Lipinski definition) is 3. The van der Waals surface area contributed by atoms with E-state index in [4.69, 9.17) is 4.42 Å². The molecule has 0 aliphatic heterocycles. The molecular formula is C10H14OS2. The Labute approximate surface area is 90.0 Å². The number of hydrogen-bond donors (Lipinski definition) is 2. The van der Waals surface area contributed by atoms with Crippen molar-refractivity contribution in [3.05, 3.63) is 35.3 Å². The zero-order valence-electron chi connectivity index (χ0n) is 7.82. The number of rotatable bonds is 3. The molecule has 1 unspecified atom stereocenters. The summed E-state index contributed by atoms with van der Waals surface area (Å²) in [4.78, 5) is 0. The topological polar surface area (TPSA) is 13.1 Å². The second-order valence-electron chi connectivity index (χ2n) is 3.10. The van der Waals surface area contributed by atoms with Crippen molar-refractivity contribution in [2.45, 2.75) is 19.1 Å². The molecule has 1 aromatic rings. The lowest BCUT2D eigenvalue weighted by molar-refractivity contribution is 0.517. The summed E-state index contributed by atoms with van der Waals surface area (Å²) in [6.45, 7) is 4.13. The van der Waals surface area contributed by atoms with Gasteiger partial charge in [-0.05, 0) is 31.6 Å². The lowest BCUT2D eigenvalue weighted by atomic mass is 10.1. The van der Waals surface area contributed by atoms with Crippen LogP contribution in [-0.4, -0.2) is 5.75 Å². The Morgan fingerprint density at radius 3 is 2.62 bits per heavy atom. The van der Waals surface area contributed by atoms with Crippen LogP contribution < -0.4 is 0 Å². The molecule has 1 heterocycles. The quantitative estimate of drug-likeness (QED) is 0.580. The maximum atomic E-state index is 5.28. The van der Waals surface area contributed by atoms with Crippen LogP contribution in [0.25, 0.3) is 0 Å². The van der Waals surface area contributed by atoms with Crippen molar-refractivity contribution >= 4 is 25.3 Å². The highest BCUT2D eigenvalue weighted by molar-refractivity contribution is 7.81. The lowest BCUT2D eigenvalue weighted by Crippen LogP contribution is -1.98. The van der Waals surface area contributed by atoms with Gasteiger partial charge < -0.3 is 4.42 Å². The van der Waals surface area contributed by atoms with Crippen molar-refractivity contribution in [1.29, 1.82) is 0 Å². The molecule has 0 aromatic carbocycles. The van der Waals surface area contributed by atoms with Crippen molar-refractivity contribution in [2.75, 3.05) is 5.75 Å². The molecule has 1 nitrogen and oxygen atoms in total. The van der Waals surface area contributed by atoms with Gasteiger partial charge in [0.05, 0.1) is 11.5 Å². The van der Waals surface area contributed by atoms with E-state index < -0.39 is 0 Å². The summed E-state index contributed by atoms with van der Waals surface area (Å²) in [5.74, 6) is 1.60. The van der Waals surface area contributed by atoms with Crippen LogP contribution in [0, 0.1) is 0 Å². The fourth-order valence-electron chi connectivity index (χ4n) is 1.14. The molecule has 0 radical (unpaired) electrons. The molecule has 3 heteroatoms. The van der Waals surface area contributed by atoms with Gasteiger partial charge in [-0.3, -0.25) is 0 Å². The summed E-state index contributed by atoms with van der Waals surface area (Å²) < 4.78 is 5.28. The summed E-state index contributed by atoms with van der Waals surface area (Å²) in [5.41, 5.74) is 2.47. The van der Waals surface area contributed by atoms with Crippen molar-refractivity contribution in [3.8, 4) is 0 Å². The average molecular weight is 214 g/mol. The monoisotopic (exact) mass is 214 g/mol. The SMILES string of the molecule is CC(C)=C(CS)C(S)c1ccco1. The second kappa shape index (κ2) is 4.82. The van der Waals surface area contributed by atoms with Crippen molar-refractivity contribution in [2.24, 2.45) is 0 Å². The van der Waals surface area contributed by atoms with Gasteiger partial charge in [0.25, 0.3) is 0 Å². The van der Waals surface area contributed by atoms with Gasteiger partial charge in [0, 0.05) is 5.75 Å². The minimum absolute atomic E-state index is 0.0394. The molecule has 1 atom stereocenters. The Morgan fingerprint density at radius 1 is 1.54 bits per heavy atom. The van der Waals surface area contributed by atoms with Crippen molar-refractivity contribution in [3.63, 3.8) is 0 Å². The first-order valence-corrected chi connectivity index (χ1v) is 5.30. The molecule has 0 spiro atoms. The minimum atomic E-state index is 0.0394. The molecule has 0 fully saturated rings. The third-order valence-corrected chi connectivity index (χ3v) is 2.86. The predicted octanol–water partition coefficient (Wildman–Crippen LogP) is 3.52. The minimum Gasteiger partial charge on any atom is -0.468 e. The normalized spacial score (nSPS) is 12.6. The third-order valence-electron chi connectivity index (χ3n) is 1.96. The Kier molecular flexibility index (Phi) is 4.00. The third kappa shape index (κ3) is 2.58. The summed E-state index contributed by atoms with van der Waals surface area (Å²) in [7, 11) is 0. The molecule has 0 bridgehead atoms. The first kappa shape index (κ1) is 10.8. The van der Waals surface area contributed by atoms with Crippen LogP contribution in [-0.2, 0) is 0 Å². The number of thiol groups is 2. The molecule has 1 aromatic heterocycles. The van der Waals surface area contributed by atoms with Gasteiger partial charge in [-0.25, -0.2) is 0 Å². The smallest absolute Gasteiger partial charge is 0.120 e. The molecule has 0 saturated carbocycles. The zero-order valence-corrected chi connectivity index (χ0v) is 9.61. The van der Waals surface area contributed by atoms with E-state index in [0.717, 1.165) is 11.5 Å². The van der Waals surface area contributed by atoms with Crippen LogP contribution in [0.1, 0.15) is 24.9 Å². The molecule has 0 amide bonds. The summed E-state index contributed by atoms with van der Waals surface area (Å²) in [6.07, 6.45) is 1.67. The molecule has 0 saturated heterocycles. The molecule has 0 aliphatic carbocycles. The average Bonchev–Trinajstić information content (AvgIpc) is 2.56. The van der Waals surface area contributed by atoms with E-state index in [-0.39, 0.29) is 5.25 Å². The number of allylic oxidation sites excluding steroid dienone is 1. The standard InChI is InChI=1S/C10H14OS2/c1-7(2)8(6-12)10(13)9-4-3-5-11-9/h3-5,10,12-13H,6H2,1-2H3. The highest BCUT2D eigenvalue weighted by Crippen LogP contribution is 2.30. The summed E-state index contributed by atoms with van der Waals surface area (Å²) >= 11 is 8.78. The molecule has 72 valence electrons. The Hall–Kier alpha value is -0.280. The van der Waals surface area contributed by atoms with Gasteiger partial charge in [-0.15, -0.1) is 0 Å². The first-order valence-electron chi connectivity index (χ1n) is 4.15. The van der Waals surface area contributed by atoms with E-state index in [1.54, 1.807) is 6.26 Å². The van der Waals surface area contributed by atoms with Crippen LogP contribution >= 0.6 is 25.3 Å². The van der Waals surface area contributed by atoms with Crippen LogP contribution in [0.5, 0.6) is 0 Å². The van der Waals surface area contributed by atoms with E-state index in [2.05, 4.69) is 39.1 Å². The van der Waals surface area contributed by atoms with Crippen LogP contribution in [0.15, 0.2) is 34.0 Å². The van der Waals surface area contributed by atoms with Gasteiger partial charge in [0.15, 0.2) is 0 Å². The van der Waals surface area contributed by atoms with Crippen molar-refractivity contribution < 1.29 is 4.42 Å². The predicted molar refractivity (Wildman–Crippen MR) is 62.7 cm³/mol. The van der Waals surface area contributed by atoms with Gasteiger partial charge >= 0.3 is 0 Å². The molecular weight excluding hydrogens is 200 g/mol. The highest BCUT2D eigenvalue weighted by Gasteiger charge is 2.14. The zero-order chi connectivity index (χ0) is 9.84. The van der Waals surface area contributed by atoms with E-state index >= 15 is 0 Å². The van der Waals surface area contributed by atoms with Gasteiger partial charge in [0.2, 0.25) is 0 Å². The fraction of sp³-hybridized carbons (Fsp3) is 0.400. The number of furan rings is 1. The Balaban J connectivity index is 2.90. The maximum absolute atomic E-state index is 5.28. The van der Waals surface area contributed by atoms with Crippen LogP contribution in [0.2, 0.25) is 0 Å². The maximum Gasteiger partial charge on any atom is 0.120 e. The highest BCUT2D eigenvalue weighted by atomic mass is 32.1. The molecule has 13 heavy (non-hydrogen) atoms. The van der Waals surface area contributed by atoms with Crippen molar-refractivity contribution in [1.82, 2.24) is 0 Å². The molecule has 0 N–H and O–H groups in total. The van der Waals surface area contributed by atoms with Gasteiger partial charge in [-0.1, -0.05) is 5.57 Å². The summed E-state index contributed by atoms with van der Waals surface area (Å²) in [6, 6.07) is 3.81. The fourth-order valence-corrected chi connectivity index (χ4v) is 2.28. The Morgan fingerprint density at radius 2 is 2.23 bits per heavy atom. The molecule has 1 rings (SSSR count). The second-order valence-corrected chi connectivity index (χ2v) is 3.93. The van der Waals surface area contributed by atoms with Gasteiger partial charge in [0.1, 0.15) is 5.76 Å². The van der Waals surface area contributed by atoms with E-state index in [0.29, 0.717) is 0 Å². The van der Waals surface area contributed by atoms with Gasteiger partial charge in [-0.2, -0.15) is 25.3 Å². The lowest BCUT2D eigenvalue weighted by Gasteiger charge is -2.12. The first-order chi connectivity index (χ1) is 6.16. The Bertz CT molecular complexity index is 284.